The number of anilines is 1. The maximum atomic E-state index is 11.4. The lowest BCUT2D eigenvalue weighted by Crippen LogP contribution is -2.27. The van der Waals surface area contributed by atoms with E-state index in [2.05, 4.69) is 41.5 Å². The van der Waals surface area contributed by atoms with Gasteiger partial charge < -0.3 is 10.3 Å². The number of rotatable bonds is 2. The first kappa shape index (κ1) is 17.0. The molecule has 6 rings (SSSR count). The Balaban J connectivity index is 1.72. The molecule has 1 atom stereocenters. The van der Waals surface area contributed by atoms with Gasteiger partial charge in [0.25, 0.3) is 5.69 Å². The molecule has 0 saturated heterocycles. The number of hydrogen-bond acceptors (Lipinski definition) is 4. The highest BCUT2D eigenvalue weighted by Crippen LogP contribution is 2.43. The van der Waals surface area contributed by atoms with E-state index in [0.717, 1.165) is 50.6 Å². The standard InChI is InChI=1S/C24H18N4O2/c1-24(13-25-20-9-5-4-8-19(20)24)23-26-21-17-7-3-2-6-15(17)16-11-10-14(28(29)30)12-18(16)22(21)27-23/h2-12,25H,13H2,1H3,(H,26,27). The highest BCUT2D eigenvalue weighted by Gasteiger charge is 2.38. The van der Waals surface area contributed by atoms with Crippen molar-refractivity contribution in [2.24, 2.45) is 0 Å². The summed E-state index contributed by atoms with van der Waals surface area (Å²) in [6, 6.07) is 21.4. The first-order valence-corrected chi connectivity index (χ1v) is 9.89. The van der Waals surface area contributed by atoms with E-state index >= 15 is 0 Å². The van der Waals surface area contributed by atoms with Crippen LogP contribution in [0.1, 0.15) is 18.3 Å². The van der Waals surface area contributed by atoms with Crippen LogP contribution in [0, 0.1) is 10.1 Å². The van der Waals surface area contributed by atoms with Crippen molar-refractivity contribution in [3.05, 3.63) is 88.2 Å². The van der Waals surface area contributed by atoms with Gasteiger partial charge in [-0.1, -0.05) is 42.5 Å². The molecule has 0 amide bonds. The summed E-state index contributed by atoms with van der Waals surface area (Å²) in [5.74, 6) is 0.860. The smallest absolute Gasteiger partial charge is 0.270 e. The molecule has 2 heterocycles. The van der Waals surface area contributed by atoms with Gasteiger partial charge in [0.15, 0.2) is 0 Å². The number of fused-ring (bicyclic) bond motifs is 7. The van der Waals surface area contributed by atoms with E-state index in [1.165, 1.54) is 5.56 Å². The fourth-order valence-electron chi connectivity index (χ4n) is 4.73. The van der Waals surface area contributed by atoms with Gasteiger partial charge in [-0.15, -0.1) is 0 Å². The molecule has 0 radical (unpaired) electrons. The molecule has 0 bridgehead atoms. The van der Waals surface area contributed by atoms with Crippen LogP contribution in [-0.2, 0) is 5.41 Å². The number of H-pyrrole nitrogens is 1. The summed E-state index contributed by atoms with van der Waals surface area (Å²) >= 11 is 0. The quantitative estimate of drug-likeness (QED) is 0.235. The third-order valence-corrected chi connectivity index (χ3v) is 6.34. The van der Waals surface area contributed by atoms with E-state index in [1.54, 1.807) is 12.1 Å². The van der Waals surface area contributed by atoms with Gasteiger partial charge in [-0.05, 0) is 35.4 Å². The molecule has 0 spiro atoms. The van der Waals surface area contributed by atoms with Gasteiger partial charge in [0, 0.05) is 35.1 Å². The van der Waals surface area contributed by atoms with Crippen molar-refractivity contribution in [3.63, 3.8) is 0 Å². The molecular weight excluding hydrogens is 376 g/mol. The maximum Gasteiger partial charge on any atom is 0.270 e. The van der Waals surface area contributed by atoms with Crippen LogP contribution >= 0.6 is 0 Å². The summed E-state index contributed by atoms with van der Waals surface area (Å²) in [6.07, 6.45) is 0. The molecule has 0 saturated carbocycles. The first-order valence-electron chi connectivity index (χ1n) is 9.89. The zero-order chi connectivity index (χ0) is 20.5. The molecule has 1 unspecified atom stereocenters. The minimum Gasteiger partial charge on any atom is -0.383 e. The van der Waals surface area contributed by atoms with Crippen molar-refractivity contribution in [2.75, 3.05) is 11.9 Å². The monoisotopic (exact) mass is 394 g/mol. The third kappa shape index (κ3) is 2.16. The van der Waals surface area contributed by atoms with Crippen LogP contribution in [0.4, 0.5) is 11.4 Å². The third-order valence-electron chi connectivity index (χ3n) is 6.34. The molecule has 1 aliphatic heterocycles. The van der Waals surface area contributed by atoms with E-state index in [4.69, 9.17) is 4.98 Å². The zero-order valence-corrected chi connectivity index (χ0v) is 16.3. The molecule has 0 fully saturated rings. The number of nitro benzene ring substituents is 1. The normalized spacial score (nSPS) is 18.0. The molecule has 1 aliphatic rings. The van der Waals surface area contributed by atoms with Crippen molar-refractivity contribution in [2.45, 2.75) is 12.3 Å². The molecule has 2 N–H and O–H groups in total. The minimum absolute atomic E-state index is 0.0720. The van der Waals surface area contributed by atoms with E-state index in [9.17, 15) is 10.1 Å². The second kappa shape index (κ2) is 5.79. The van der Waals surface area contributed by atoms with Gasteiger partial charge in [0.2, 0.25) is 0 Å². The number of hydrogen-bond donors (Lipinski definition) is 2. The highest BCUT2D eigenvalue weighted by molar-refractivity contribution is 6.23. The van der Waals surface area contributed by atoms with Crippen LogP contribution in [0.15, 0.2) is 66.7 Å². The molecule has 146 valence electrons. The Morgan fingerprint density at radius 1 is 0.967 bits per heavy atom. The predicted octanol–water partition coefficient (Wildman–Crippen LogP) is 5.51. The number of nitro groups is 1. The molecule has 5 aromatic rings. The van der Waals surface area contributed by atoms with Crippen LogP contribution in [0.2, 0.25) is 0 Å². The Bertz CT molecular complexity index is 1500. The average molecular weight is 394 g/mol. The average Bonchev–Trinajstić information content (AvgIpc) is 3.37. The lowest BCUT2D eigenvalue weighted by Gasteiger charge is -2.21. The molecule has 6 heteroatoms. The number of nitrogens with zero attached hydrogens (tertiary/aromatic N) is 2. The number of nitrogens with one attached hydrogen (secondary N) is 2. The van der Waals surface area contributed by atoms with E-state index in [-0.39, 0.29) is 16.0 Å². The van der Waals surface area contributed by atoms with Crippen molar-refractivity contribution < 1.29 is 4.92 Å². The van der Waals surface area contributed by atoms with Crippen molar-refractivity contribution in [1.29, 1.82) is 0 Å². The second-order valence-corrected chi connectivity index (χ2v) is 8.07. The lowest BCUT2D eigenvalue weighted by atomic mass is 9.84. The topological polar surface area (TPSA) is 83.8 Å². The van der Waals surface area contributed by atoms with Gasteiger partial charge in [-0.3, -0.25) is 10.1 Å². The first-order chi connectivity index (χ1) is 14.6. The second-order valence-electron chi connectivity index (χ2n) is 8.07. The predicted molar refractivity (Wildman–Crippen MR) is 119 cm³/mol. The van der Waals surface area contributed by atoms with Crippen LogP contribution < -0.4 is 5.32 Å². The highest BCUT2D eigenvalue weighted by atomic mass is 16.6. The fraction of sp³-hybridized carbons (Fsp3) is 0.125. The summed E-state index contributed by atoms with van der Waals surface area (Å²) in [5, 5.41) is 18.8. The molecule has 1 aromatic heterocycles. The van der Waals surface area contributed by atoms with Gasteiger partial charge in [-0.25, -0.2) is 4.98 Å². The maximum absolute atomic E-state index is 11.4. The van der Waals surface area contributed by atoms with Crippen LogP contribution in [0.25, 0.3) is 32.6 Å². The summed E-state index contributed by atoms with van der Waals surface area (Å²) in [6.45, 7) is 2.92. The van der Waals surface area contributed by atoms with Crippen LogP contribution in [0.5, 0.6) is 0 Å². The van der Waals surface area contributed by atoms with Gasteiger partial charge in [0.05, 0.1) is 21.4 Å². The Kier molecular flexibility index (Phi) is 3.28. The Morgan fingerprint density at radius 3 is 2.53 bits per heavy atom. The molecule has 4 aromatic carbocycles. The lowest BCUT2D eigenvalue weighted by molar-refractivity contribution is -0.384. The summed E-state index contributed by atoms with van der Waals surface area (Å²) in [4.78, 5) is 19.7. The van der Waals surface area contributed by atoms with E-state index in [0.29, 0.717) is 0 Å². The number of para-hydroxylation sites is 1. The van der Waals surface area contributed by atoms with Crippen LogP contribution in [-0.4, -0.2) is 21.4 Å². The molecule has 30 heavy (non-hydrogen) atoms. The summed E-state index contributed by atoms with van der Waals surface area (Å²) < 4.78 is 0. The van der Waals surface area contributed by atoms with Crippen molar-refractivity contribution in [3.8, 4) is 0 Å². The Hall–Kier alpha value is -3.93. The van der Waals surface area contributed by atoms with Gasteiger partial charge in [-0.2, -0.15) is 0 Å². The van der Waals surface area contributed by atoms with Crippen molar-refractivity contribution in [1.82, 2.24) is 9.97 Å². The number of aromatic amines is 1. The number of imidazole rings is 1. The van der Waals surface area contributed by atoms with Crippen molar-refractivity contribution >= 4 is 44.0 Å². The number of benzene rings is 4. The minimum atomic E-state index is -0.355. The summed E-state index contributed by atoms with van der Waals surface area (Å²) in [7, 11) is 0. The fourth-order valence-corrected chi connectivity index (χ4v) is 4.73. The zero-order valence-electron chi connectivity index (χ0n) is 16.3. The molecule has 6 nitrogen and oxygen atoms in total. The number of non-ortho nitro benzene ring substituents is 1. The SMILES string of the molecule is CC1(c2nc3c4cc([N+](=O)[O-])ccc4c4ccccc4c3[nH]2)CNc2ccccc21. The summed E-state index contributed by atoms with van der Waals surface area (Å²) in [5.41, 5.74) is 3.76. The Morgan fingerprint density at radius 2 is 1.70 bits per heavy atom. The van der Waals surface area contributed by atoms with E-state index in [1.807, 2.05) is 30.3 Å². The number of aromatic nitrogens is 2. The van der Waals surface area contributed by atoms with Crippen LogP contribution in [0.3, 0.4) is 0 Å². The molecular formula is C24H18N4O2. The van der Waals surface area contributed by atoms with Gasteiger partial charge in [0.1, 0.15) is 5.82 Å². The van der Waals surface area contributed by atoms with E-state index < -0.39 is 0 Å². The van der Waals surface area contributed by atoms with Gasteiger partial charge >= 0.3 is 0 Å². The largest absolute Gasteiger partial charge is 0.383 e. The molecule has 0 aliphatic carbocycles. The Labute approximate surface area is 171 Å².